The van der Waals surface area contributed by atoms with Crippen molar-refractivity contribution in [2.75, 3.05) is 0 Å². The quantitative estimate of drug-likeness (QED) is 0.754. The standard InChI is InChI=1S/C19H19ClN4O/c1-13(2)18-17(19(25)22-11-14-5-4-8-21-10-14)12-23-24(18)16-7-3-6-15(20)9-16/h3-10,12-13H,11H2,1-2H3,(H,22,25). The Hall–Kier alpha value is -2.66. The first-order chi connectivity index (χ1) is 12.1. The van der Waals surface area contributed by atoms with Crippen molar-refractivity contribution in [3.05, 3.63) is 76.8 Å². The van der Waals surface area contributed by atoms with Gasteiger partial charge in [-0.3, -0.25) is 9.78 Å². The third-order valence-corrected chi connectivity index (χ3v) is 4.06. The molecular formula is C19H19ClN4O. The van der Waals surface area contributed by atoms with Gasteiger partial charge >= 0.3 is 0 Å². The average Bonchev–Trinajstić information content (AvgIpc) is 3.06. The number of benzene rings is 1. The number of nitrogens with one attached hydrogen (secondary N) is 1. The summed E-state index contributed by atoms with van der Waals surface area (Å²) in [7, 11) is 0. The van der Waals surface area contributed by atoms with Crippen LogP contribution in [0, 0.1) is 0 Å². The second kappa shape index (κ2) is 7.49. The summed E-state index contributed by atoms with van der Waals surface area (Å²) in [5, 5.41) is 7.97. The van der Waals surface area contributed by atoms with Gasteiger partial charge in [0.15, 0.2) is 0 Å². The summed E-state index contributed by atoms with van der Waals surface area (Å²) in [6.45, 7) is 4.50. The van der Waals surface area contributed by atoms with Gasteiger partial charge in [-0.2, -0.15) is 5.10 Å². The number of rotatable bonds is 5. The monoisotopic (exact) mass is 354 g/mol. The first-order valence-electron chi connectivity index (χ1n) is 8.07. The highest BCUT2D eigenvalue weighted by Crippen LogP contribution is 2.24. The normalized spacial score (nSPS) is 10.9. The molecule has 2 aromatic heterocycles. The van der Waals surface area contributed by atoms with Gasteiger partial charge in [0.1, 0.15) is 0 Å². The molecule has 1 N–H and O–H groups in total. The Morgan fingerprint density at radius 3 is 2.76 bits per heavy atom. The van der Waals surface area contributed by atoms with Gasteiger partial charge in [0.2, 0.25) is 0 Å². The molecule has 0 atom stereocenters. The van der Waals surface area contributed by atoms with Crippen LogP contribution in [0.1, 0.15) is 41.4 Å². The minimum atomic E-state index is -0.152. The van der Waals surface area contributed by atoms with Gasteiger partial charge in [-0.1, -0.05) is 37.6 Å². The number of hydrogen-bond acceptors (Lipinski definition) is 3. The number of pyridine rings is 1. The van der Waals surface area contributed by atoms with Gasteiger partial charge in [0, 0.05) is 24.0 Å². The Morgan fingerprint density at radius 1 is 1.24 bits per heavy atom. The summed E-state index contributed by atoms with van der Waals surface area (Å²) in [6.07, 6.45) is 5.05. The first kappa shape index (κ1) is 17.2. The molecule has 25 heavy (non-hydrogen) atoms. The van der Waals surface area contributed by atoms with Crippen LogP contribution in [0.25, 0.3) is 5.69 Å². The molecule has 3 aromatic rings. The van der Waals surface area contributed by atoms with Crippen molar-refractivity contribution in [1.29, 1.82) is 0 Å². The van der Waals surface area contributed by atoms with Crippen molar-refractivity contribution in [2.45, 2.75) is 26.3 Å². The predicted octanol–water partition coefficient (Wildman–Crippen LogP) is 3.97. The van der Waals surface area contributed by atoms with Gasteiger partial charge < -0.3 is 5.32 Å². The molecular weight excluding hydrogens is 336 g/mol. The summed E-state index contributed by atoms with van der Waals surface area (Å²) < 4.78 is 1.77. The molecule has 0 fully saturated rings. The lowest BCUT2D eigenvalue weighted by Gasteiger charge is -2.13. The van der Waals surface area contributed by atoms with Crippen molar-refractivity contribution in [2.24, 2.45) is 0 Å². The van der Waals surface area contributed by atoms with Crippen molar-refractivity contribution < 1.29 is 4.79 Å². The summed E-state index contributed by atoms with van der Waals surface area (Å²) in [5.41, 5.74) is 3.21. The largest absolute Gasteiger partial charge is 0.348 e. The van der Waals surface area contributed by atoms with E-state index in [1.807, 2.05) is 50.2 Å². The number of aromatic nitrogens is 3. The summed E-state index contributed by atoms with van der Waals surface area (Å²) >= 11 is 6.09. The van der Waals surface area contributed by atoms with E-state index in [2.05, 4.69) is 15.4 Å². The van der Waals surface area contributed by atoms with Gasteiger partial charge in [-0.25, -0.2) is 4.68 Å². The minimum Gasteiger partial charge on any atom is -0.348 e. The van der Waals surface area contributed by atoms with Crippen LogP contribution in [0.4, 0.5) is 0 Å². The molecule has 0 bridgehead atoms. The van der Waals surface area contributed by atoms with E-state index in [9.17, 15) is 4.79 Å². The molecule has 1 amide bonds. The molecule has 6 heteroatoms. The van der Waals surface area contributed by atoms with Crippen LogP contribution in [0.3, 0.4) is 0 Å². The van der Waals surface area contributed by atoms with E-state index >= 15 is 0 Å². The fraction of sp³-hybridized carbons (Fsp3) is 0.211. The van der Waals surface area contributed by atoms with E-state index < -0.39 is 0 Å². The van der Waals surface area contributed by atoms with Gasteiger partial charge in [0.25, 0.3) is 5.91 Å². The maximum atomic E-state index is 12.6. The topological polar surface area (TPSA) is 59.8 Å². The maximum Gasteiger partial charge on any atom is 0.255 e. The highest BCUT2D eigenvalue weighted by molar-refractivity contribution is 6.30. The smallest absolute Gasteiger partial charge is 0.255 e. The predicted molar refractivity (Wildman–Crippen MR) is 98.1 cm³/mol. The van der Waals surface area contributed by atoms with Crippen molar-refractivity contribution in [3.63, 3.8) is 0 Å². The Bertz CT molecular complexity index is 874. The van der Waals surface area contributed by atoms with Gasteiger partial charge in [-0.05, 0) is 35.7 Å². The molecule has 3 rings (SSSR count). The molecule has 0 saturated heterocycles. The number of amides is 1. The molecule has 0 spiro atoms. The van der Waals surface area contributed by atoms with Crippen LogP contribution in [0.2, 0.25) is 5.02 Å². The molecule has 0 unspecified atom stereocenters. The highest BCUT2D eigenvalue weighted by atomic mass is 35.5. The summed E-state index contributed by atoms with van der Waals surface area (Å²) in [4.78, 5) is 16.7. The lowest BCUT2D eigenvalue weighted by atomic mass is 10.0. The maximum absolute atomic E-state index is 12.6. The number of carbonyl (C=O) groups excluding carboxylic acids is 1. The summed E-state index contributed by atoms with van der Waals surface area (Å²) in [5.74, 6) is -0.0264. The molecule has 0 radical (unpaired) electrons. The van der Waals surface area contributed by atoms with E-state index in [4.69, 9.17) is 11.6 Å². The lowest BCUT2D eigenvalue weighted by molar-refractivity contribution is 0.0949. The Labute approximate surface area is 151 Å². The first-order valence-corrected chi connectivity index (χ1v) is 8.45. The second-order valence-electron chi connectivity index (χ2n) is 6.03. The van der Waals surface area contributed by atoms with E-state index in [0.29, 0.717) is 17.1 Å². The second-order valence-corrected chi connectivity index (χ2v) is 6.47. The fourth-order valence-electron chi connectivity index (χ4n) is 2.68. The van der Waals surface area contributed by atoms with Gasteiger partial charge in [0.05, 0.1) is 23.1 Å². The molecule has 0 aliphatic rings. The van der Waals surface area contributed by atoms with Crippen LogP contribution >= 0.6 is 11.6 Å². The van der Waals surface area contributed by atoms with Crippen molar-refractivity contribution in [3.8, 4) is 5.69 Å². The Morgan fingerprint density at radius 2 is 2.08 bits per heavy atom. The number of halogens is 1. The SMILES string of the molecule is CC(C)c1c(C(=O)NCc2cccnc2)cnn1-c1cccc(Cl)c1. The van der Waals surface area contributed by atoms with Crippen LogP contribution in [0.15, 0.2) is 55.0 Å². The third-order valence-electron chi connectivity index (χ3n) is 3.83. The van der Waals surface area contributed by atoms with E-state index in [0.717, 1.165) is 16.9 Å². The van der Waals surface area contributed by atoms with Crippen LogP contribution in [-0.2, 0) is 6.54 Å². The third kappa shape index (κ3) is 3.88. The molecule has 1 aromatic carbocycles. The zero-order valence-corrected chi connectivity index (χ0v) is 14.9. The lowest BCUT2D eigenvalue weighted by Crippen LogP contribution is -2.24. The van der Waals surface area contributed by atoms with Crippen LogP contribution in [0.5, 0.6) is 0 Å². The van der Waals surface area contributed by atoms with E-state index in [1.165, 1.54) is 0 Å². The molecule has 128 valence electrons. The van der Waals surface area contributed by atoms with Crippen molar-refractivity contribution >= 4 is 17.5 Å². The molecule has 0 aliphatic heterocycles. The Kier molecular flexibility index (Phi) is 5.14. The average molecular weight is 355 g/mol. The summed E-state index contributed by atoms with van der Waals surface area (Å²) in [6, 6.07) is 11.2. The van der Waals surface area contributed by atoms with Gasteiger partial charge in [-0.15, -0.1) is 0 Å². The number of hydrogen-bond donors (Lipinski definition) is 1. The van der Waals surface area contributed by atoms with Crippen molar-refractivity contribution in [1.82, 2.24) is 20.1 Å². The van der Waals surface area contributed by atoms with Crippen LogP contribution in [-0.4, -0.2) is 20.7 Å². The molecule has 5 nitrogen and oxygen atoms in total. The van der Waals surface area contributed by atoms with E-state index in [-0.39, 0.29) is 11.8 Å². The Balaban J connectivity index is 1.87. The highest BCUT2D eigenvalue weighted by Gasteiger charge is 2.20. The number of carbonyl (C=O) groups is 1. The molecule has 0 aliphatic carbocycles. The number of nitrogens with zero attached hydrogens (tertiary/aromatic N) is 3. The molecule has 0 saturated carbocycles. The molecule has 2 heterocycles. The zero-order chi connectivity index (χ0) is 17.8. The van der Waals surface area contributed by atoms with Crippen LogP contribution < -0.4 is 5.32 Å². The van der Waals surface area contributed by atoms with E-state index in [1.54, 1.807) is 23.3 Å². The zero-order valence-electron chi connectivity index (χ0n) is 14.1. The fourth-order valence-corrected chi connectivity index (χ4v) is 2.87. The minimum absolute atomic E-state index is 0.126.